The number of ketones is 1. The fraction of sp³-hybridized carbons (Fsp3) is 0.462. The van der Waals surface area contributed by atoms with Crippen LogP contribution < -0.4 is 0 Å². The van der Waals surface area contributed by atoms with E-state index in [4.69, 9.17) is 9.47 Å². The van der Waals surface area contributed by atoms with Crippen molar-refractivity contribution in [3.05, 3.63) is 35.9 Å². The Hall–Kier alpha value is -1.19. The second-order valence-electron chi connectivity index (χ2n) is 4.72. The molecular formula is C13H14O3. The zero-order valence-corrected chi connectivity index (χ0v) is 9.18. The number of benzene rings is 1. The molecule has 1 aliphatic heterocycles. The number of Topliss-reactive ketones (excluding diaryl/α,β-unsaturated/α-hetero) is 1. The lowest BCUT2D eigenvalue weighted by Crippen LogP contribution is -2.30. The predicted octanol–water partition coefficient (Wildman–Crippen LogP) is 2.22. The van der Waals surface area contributed by atoms with Gasteiger partial charge in [0.2, 0.25) is 0 Å². The highest BCUT2D eigenvalue weighted by molar-refractivity contribution is 5.83. The van der Waals surface area contributed by atoms with Gasteiger partial charge in [-0.15, -0.1) is 0 Å². The number of hydrogen-bond donors (Lipinski definition) is 0. The summed E-state index contributed by atoms with van der Waals surface area (Å²) in [5.41, 5.74) is 0.600. The van der Waals surface area contributed by atoms with E-state index >= 15 is 0 Å². The van der Waals surface area contributed by atoms with E-state index < -0.39 is 5.60 Å². The van der Waals surface area contributed by atoms with E-state index in [2.05, 4.69) is 0 Å². The Morgan fingerprint density at radius 2 is 2.06 bits per heavy atom. The smallest absolute Gasteiger partial charge is 0.185 e. The van der Waals surface area contributed by atoms with E-state index in [1.165, 1.54) is 0 Å². The average molecular weight is 218 g/mol. The summed E-state index contributed by atoms with van der Waals surface area (Å²) in [5.74, 6) is 0.235. The molecule has 1 saturated heterocycles. The molecule has 1 aromatic rings. The van der Waals surface area contributed by atoms with E-state index in [0.29, 0.717) is 12.8 Å². The van der Waals surface area contributed by atoms with E-state index in [1.54, 1.807) is 0 Å². The highest BCUT2D eigenvalue weighted by Gasteiger charge is 2.52. The molecule has 3 atom stereocenters. The van der Waals surface area contributed by atoms with Gasteiger partial charge in [0, 0.05) is 18.4 Å². The topological polar surface area (TPSA) is 35.5 Å². The van der Waals surface area contributed by atoms with E-state index in [0.717, 1.165) is 5.56 Å². The molecular weight excluding hydrogens is 204 g/mol. The first-order valence-corrected chi connectivity index (χ1v) is 5.57. The van der Waals surface area contributed by atoms with Gasteiger partial charge in [-0.1, -0.05) is 30.3 Å². The number of rotatable bonds is 1. The molecule has 0 radical (unpaired) electrons. The number of carbonyl (C=O) groups excluding carboxylic acids is 1. The second kappa shape index (κ2) is 3.40. The highest BCUT2D eigenvalue weighted by Crippen LogP contribution is 2.45. The Labute approximate surface area is 94.4 Å². The van der Waals surface area contributed by atoms with Crippen LogP contribution in [0.5, 0.6) is 0 Å². The molecule has 3 unspecified atom stereocenters. The molecule has 1 heterocycles. The zero-order chi connectivity index (χ0) is 11.2. The monoisotopic (exact) mass is 218 g/mol. The first-order chi connectivity index (χ1) is 7.67. The molecule has 0 N–H and O–H groups in total. The lowest BCUT2D eigenvalue weighted by molar-refractivity contribution is -0.128. The minimum absolute atomic E-state index is 0.0785. The second-order valence-corrected chi connectivity index (χ2v) is 4.72. The summed E-state index contributed by atoms with van der Waals surface area (Å²) in [6.07, 6.45) is 0.565. The Morgan fingerprint density at radius 1 is 1.31 bits per heavy atom. The maximum atomic E-state index is 11.3. The molecule has 0 amide bonds. The molecule has 1 saturated carbocycles. The first-order valence-electron chi connectivity index (χ1n) is 5.57. The molecule has 16 heavy (non-hydrogen) atoms. The van der Waals surface area contributed by atoms with Gasteiger partial charge in [-0.2, -0.15) is 0 Å². The third-order valence-corrected chi connectivity index (χ3v) is 3.38. The fourth-order valence-corrected chi connectivity index (χ4v) is 2.49. The number of fused-ring (bicyclic) bond motifs is 1. The minimum atomic E-state index is -0.419. The average Bonchev–Trinajstić information content (AvgIpc) is 2.70. The van der Waals surface area contributed by atoms with Crippen LogP contribution in [0.2, 0.25) is 0 Å². The third kappa shape index (κ3) is 1.47. The summed E-state index contributed by atoms with van der Waals surface area (Å²) >= 11 is 0. The Balaban J connectivity index is 1.83. The summed E-state index contributed by atoms with van der Waals surface area (Å²) in [6, 6.07) is 9.85. The van der Waals surface area contributed by atoms with Crippen LogP contribution in [0.25, 0.3) is 0 Å². The van der Waals surface area contributed by atoms with Crippen molar-refractivity contribution in [2.75, 3.05) is 0 Å². The molecule has 3 nitrogen and oxygen atoms in total. The van der Waals surface area contributed by atoms with Crippen molar-refractivity contribution >= 4 is 5.78 Å². The fourth-order valence-electron chi connectivity index (χ4n) is 2.49. The number of carbonyl (C=O) groups is 1. The van der Waals surface area contributed by atoms with Gasteiger partial charge in [-0.3, -0.25) is 4.79 Å². The maximum Gasteiger partial charge on any atom is 0.185 e. The molecule has 1 aliphatic carbocycles. The Kier molecular flexibility index (Phi) is 2.13. The van der Waals surface area contributed by atoms with Gasteiger partial charge in [0.1, 0.15) is 11.4 Å². The summed E-state index contributed by atoms with van der Waals surface area (Å²) in [5, 5.41) is 0. The van der Waals surface area contributed by atoms with Crippen molar-refractivity contribution in [2.45, 2.75) is 37.8 Å². The van der Waals surface area contributed by atoms with Crippen molar-refractivity contribution < 1.29 is 14.3 Å². The number of hydrogen-bond acceptors (Lipinski definition) is 3. The van der Waals surface area contributed by atoms with Crippen LogP contribution in [-0.4, -0.2) is 17.5 Å². The molecule has 3 rings (SSSR count). The Morgan fingerprint density at radius 3 is 2.75 bits per heavy atom. The highest BCUT2D eigenvalue weighted by atomic mass is 16.7. The predicted molar refractivity (Wildman–Crippen MR) is 57.8 cm³/mol. The molecule has 84 valence electrons. The third-order valence-electron chi connectivity index (χ3n) is 3.38. The lowest BCUT2D eigenvalue weighted by atomic mass is 10.0. The van der Waals surface area contributed by atoms with Gasteiger partial charge < -0.3 is 9.47 Å². The van der Waals surface area contributed by atoms with Crippen LogP contribution in [0.3, 0.4) is 0 Å². The van der Waals surface area contributed by atoms with Crippen LogP contribution in [0.1, 0.15) is 31.6 Å². The SMILES string of the molecule is CC12CC(=O)CC1OC(c1ccccc1)O2. The quantitative estimate of drug-likeness (QED) is 0.725. The molecule has 1 aromatic carbocycles. The molecule has 0 bridgehead atoms. The Bertz CT molecular complexity index is 414. The van der Waals surface area contributed by atoms with Crippen molar-refractivity contribution in [3.8, 4) is 0 Å². The van der Waals surface area contributed by atoms with E-state index in [1.807, 2.05) is 37.3 Å². The summed E-state index contributed by atoms with van der Waals surface area (Å²) in [7, 11) is 0. The van der Waals surface area contributed by atoms with Gasteiger partial charge in [0.15, 0.2) is 6.29 Å². The van der Waals surface area contributed by atoms with Gasteiger partial charge in [-0.25, -0.2) is 0 Å². The lowest BCUT2D eigenvalue weighted by Gasteiger charge is -2.19. The summed E-state index contributed by atoms with van der Waals surface area (Å²) in [4.78, 5) is 11.3. The van der Waals surface area contributed by atoms with Gasteiger partial charge >= 0.3 is 0 Å². The van der Waals surface area contributed by atoms with Crippen LogP contribution in [-0.2, 0) is 14.3 Å². The van der Waals surface area contributed by atoms with Crippen molar-refractivity contribution in [1.29, 1.82) is 0 Å². The summed E-state index contributed by atoms with van der Waals surface area (Å²) in [6.45, 7) is 1.96. The molecule has 2 aliphatic rings. The summed E-state index contributed by atoms with van der Waals surface area (Å²) < 4.78 is 11.7. The molecule has 2 fully saturated rings. The van der Waals surface area contributed by atoms with Crippen LogP contribution >= 0.6 is 0 Å². The minimum Gasteiger partial charge on any atom is -0.342 e. The van der Waals surface area contributed by atoms with Crippen molar-refractivity contribution in [3.63, 3.8) is 0 Å². The van der Waals surface area contributed by atoms with Crippen LogP contribution in [0.4, 0.5) is 0 Å². The van der Waals surface area contributed by atoms with Gasteiger partial charge in [0.05, 0.1) is 6.10 Å². The standard InChI is InChI=1S/C13H14O3/c1-13-8-10(14)7-11(13)15-12(16-13)9-5-3-2-4-6-9/h2-6,11-12H,7-8H2,1H3. The normalized spacial score (nSPS) is 37.7. The number of ether oxygens (including phenoxy) is 2. The van der Waals surface area contributed by atoms with Gasteiger partial charge in [-0.05, 0) is 6.92 Å². The van der Waals surface area contributed by atoms with Crippen LogP contribution in [0.15, 0.2) is 30.3 Å². The maximum absolute atomic E-state index is 11.3. The molecule has 3 heteroatoms. The molecule has 0 spiro atoms. The van der Waals surface area contributed by atoms with Crippen molar-refractivity contribution in [2.24, 2.45) is 0 Å². The molecule has 0 aromatic heterocycles. The zero-order valence-electron chi connectivity index (χ0n) is 9.18. The largest absolute Gasteiger partial charge is 0.342 e. The first kappa shape index (κ1) is 10.00. The van der Waals surface area contributed by atoms with E-state index in [9.17, 15) is 4.79 Å². The van der Waals surface area contributed by atoms with E-state index in [-0.39, 0.29) is 18.2 Å². The van der Waals surface area contributed by atoms with Gasteiger partial charge in [0.25, 0.3) is 0 Å². The van der Waals surface area contributed by atoms with Crippen LogP contribution in [0, 0.1) is 0 Å². The van der Waals surface area contributed by atoms with Crippen molar-refractivity contribution in [1.82, 2.24) is 0 Å².